The van der Waals surface area contributed by atoms with Crippen molar-refractivity contribution in [2.45, 2.75) is 32.6 Å². The summed E-state index contributed by atoms with van der Waals surface area (Å²) >= 11 is 1.49. The van der Waals surface area contributed by atoms with Crippen LogP contribution < -0.4 is 0 Å². The number of rotatable bonds is 5. The summed E-state index contributed by atoms with van der Waals surface area (Å²) in [6, 6.07) is 6.36. The summed E-state index contributed by atoms with van der Waals surface area (Å²) in [7, 11) is 0. The third-order valence-corrected chi connectivity index (χ3v) is 4.67. The fourth-order valence-electron chi connectivity index (χ4n) is 2.45. The number of fused-ring (bicyclic) bond motifs is 1. The Bertz CT molecular complexity index is 1020. The van der Waals surface area contributed by atoms with Crippen molar-refractivity contribution in [3.63, 3.8) is 0 Å². The zero-order valence-corrected chi connectivity index (χ0v) is 14.5. The van der Waals surface area contributed by atoms with E-state index in [1.54, 1.807) is 22.7 Å². The summed E-state index contributed by atoms with van der Waals surface area (Å²) in [5.41, 5.74) is 0.331. The molecule has 1 aromatic carbocycles. The molecule has 7 nitrogen and oxygen atoms in total. The van der Waals surface area contributed by atoms with Gasteiger partial charge in [0, 0.05) is 18.8 Å². The van der Waals surface area contributed by atoms with E-state index >= 15 is 0 Å². The number of aryl methyl sites for hydroxylation is 2. The van der Waals surface area contributed by atoms with Crippen LogP contribution in [0.2, 0.25) is 0 Å². The molecule has 0 fully saturated rings. The average molecular weight is 358 g/mol. The molecule has 9 heteroatoms. The lowest BCUT2D eigenvalue weighted by atomic mass is 10.2. The lowest BCUT2D eigenvalue weighted by Gasteiger charge is -1.97. The maximum atomic E-state index is 13.8. The van der Waals surface area contributed by atoms with E-state index in [1.165, 1.54) is 17.4 Å². The number of hydrogen-bond acceptors (Lipinski definition) is 7. The largest absolute Gasteiger partial charge is 0.339 e. The summed E-state index contributed by atoms with van der Waals surface area (Å²) in [6.45, 7) is 4.11. The molecule has 0 saturated carbocycles. The molecule has 0 radical (unpaired) electrons. The van der Waals surface area contributed by atoms with E-state index in [-0.39, 0.29) is 17.6 Å². The number of hydrogen-bond donors (Lipinski definition) is 0. The molecule has 4 aromatic rings. The van der Waals surface area contributed by atoms with Crippen molar-refractivity contribution < 1.29 is 8.91 Å². The van der Waals surface area contributed by atoms with E-state index < -0.39 is 0 Å². The molecule has 3 heterocycles. The Morgan fingerprint density at radius 1 is 1.20 bits per heavy atom. The van der Waals surface area contributed by atoms with Gasteiger partial charge in [-0.2, -0.15) is 14.6 Å². The molecular weight excluding hydrogens is 343 g/mol. The molecule has 0 aliphatic heterocycles. The van der Waals surface area contributed by atoms with Gasteiger partial charge in [-0.15, -0.1) is 10.2 Å². The first-order chi connectivity index (χ1) is 12.1. The molecular formula is C16H15FN6OS. The van der Waals surface area contributed by atoms with Gasteiger partial charge in [-0.3, -0.25) is 0 Å². The smallest absolute Gasteiger partial charge is 0.234 e. The van der Waals surface area contributed by atoms with Gasteiger partial charge in [-0.25, -0.2) is 4.39 Å². The molecule has 0 spiro atoms. The van der Waals surface area contributed by atoms with Crippen molar-refractivity contribution in [2.75, 3.05) is 0 Å². The van der Waals surface area contributed by atoms with Crippen LogP contribution in [0.25, 0.3) is 16.3 Å². The van der Waals surface area contributed by atoms with E-state index in [0.29, 0.717) is 24.3 Å². The molecule has 4 rings (SSSR count). The molecule has 3 aromatic heterocycles. The Morgan fingerprint density at radius 3 is 2.84 bits per heavy atom. The minimum absolute atomic E-state index is 0.254. The first-order valence-corrected chi connectivity index (χ1v) is 8.72. The summed E-state index contributed by atoms with van der Waals surface area (Å²) in [6.07, 6.45) is 1.17. The Labute approximate surface area is 146 Å². The van der Waals surface area contributed by atoms with Crippen LogP contribution in [-0.2, 0) is 12.8 Å². The van der Waals surface area contributed by atoms with Crippen LogP contribution in [0.1, 0.15) is 36.5 Å². The van der Waals surface area contributed by atoms with Crippen molar-refractivity contribution in [1.82, 2.24) is 30.0 Å². The minimum atomic E-state index is -0.371. The summed E-state index contributed by atoms with van der Waals surface area (Å²) in [5.74, 6) is 1.44. The van der Waals surface area contributed by atoms with Crippen LogP contribution >= 0.6 is 11.3 Å². The second-order valence-corrected chi connectivity index (χ2v) is 6.94. The van der Waals surface area contributed by atoms with Gasteiger partial charge in [0.15, 0.2) is 5.82 Å². The SMILES string of the molecule is CC(C)c1nnc2sc(CCc3nc(-c4ccccc4F)no3)nn12. The highest BCUT2D eigenvalue weighted by Crippen LogP contribution is 2.21. The topological polar surface area (TPSA) is 82.0 Å². The van der Waals surface area contributed by atoms with Crippen LogP contribution in [0.3, 0.4) is 0 Å². The molecule has 128 valence electrons. The van der Waals surface area contributed by atoms with Crippen molar-refractivity contribution in [3.8, 4) is 11.4 Å². The van der Waals surface area contributed by atoms with Crippen molar-refractivity contribution in [3.05, 3.63) is 46.8 Å². The van der Waals surface area contributed by atoms with E-state index in [2.05, 4.69) is 39.3 Å². The average Bonchev–Trinajstić information content (AvgIpc) is 3.28. The number of nitrogens with zero attached hydrogens (tertiary/aromatic N) is 6. The number of halogens is 1. The van der Waals surface area contributed by atoms with Gasteiger partial charge in [0.2, 0.25) is 16.7 Å². The lowest BCUT2D eigenvalue weighted by molar-refractivity contribution is 0.378. The van der Waals surface area contributed by atoms with Gasteiger partial charge in [-0.1, -0.05) is 42.5 Å². The van der Waals surface area contributed by atoms with Gasteiger partial charge in [0.1, 0.15) is 10.8 Å². The Kier molecular flexibility index (Phi) is 4.00. The van der Waals surface area contributed by atoms with Crippen LogP contribution in [0.15, 0.2) is 28.8 Å². The summed E-state index contributed by atoms with van der Waals surface area (Å²) in [4.78, 5) is 5.04. The fourth-order valence-corrected chi connectivity index (χ4v) is 3.29. The van der Waals surface area contributed by atoms with Crippen LogP contribution in [0.5, 0.6) is 0 Å². The van der Waals surface area contributed by atoms with E-state index in [0.717, 1.165) is 15.8 Å². The predicted octanol–water partition coefficient (Wildman–Crippen LogP) is 3.28. The zero-order chi connectivity index (χ0) is 17.4. The molecule has 25 heavy (non-hydrogen) atoms. The van der Waals surface area contributed by atoms with Crippen LogP contribution in [0.4, 0.5) is 4.39 Å². The van der Waals surface area contributed by atoms with E-state index in [9.17, 15) is 4.39 Å². The molecule has 0 atom stereocenters. The molecule has 0 aliphatic rings. The number of aromatic nitrogens is 6. The van der Waals surface area contributed by atoms with Gasteiger partial charge in [-0.05, 0) is 12.1 Å². The summed E-state index contributed by atoms with van der Waals surface area (Å²) < 4.78 is 20.8. The predicted molar refractivity (Wildman–Crippen MR) is 89.8 cm³/mol. The zero-order valence-electron chi connectivity index (χ0n) is 13.7. The molecule has 0 N–H and O–H groups in total. The first kappa shape index (κ1) is 15.8. The number of benzene rings is 1. The quantitative estimate of drug-likeness (QED) is 0.544. The molecule has 0 amide bonds. The molecule has 0 unspecified atom stereocenters. The summed E-state index contributed by atoms with van der Waals surface area (Å²) in [5, 5.41) is 17.6. The Hall–Kier alpha value is -2.68. The minimum Gasteiger partial charge on any atom is -0.339 e. The van der Waals surface area contributed by atoms with Gasteiger partial charge < -0.3 is 4.52 Å². The first-order valence-electron chi connectivity index (χ1n) is 7.90. The molecule has 0 saturated heterocycles. The van der Waals surface area contributed by atoms with Crippen LogP contribution in [0, 0.1) is 5.82 Å². The Morgan fingerprint density at radius 2 is 2.04 bits per heavy atom. The van der Waals surface area contributed by atoms with Gasteiger partial charge in [0.25, 0.3) is 0 Å². The van der Waals surface area contributed by atoms with Crippen molar-refractivity contribution in [2.24, 2.45) is 0 Å². The van der Waals surface area contributed by atoms with Gasteiger partial charge >= 0.3 is 0 Å². The second kappa shape index (κ2) is 6.32. The fraction of sp³-hybridized carbons (Fsp3) is 0.312. The third kappa shape index (κ3) is 3.02. The van der Waals surface area contributed by atoms with Gasteiger partial charge in [0.05, 0.1) is 5.56 Å². The van der Waals surface area contributed by atoms with Crippen molar-refractivity contribution in [1.29, 1.82) is 0 Å². The standard InChI is InChI=1S/C16H15FN6OS/c1-9(2)15-19-20-16-23(15)21-13(25-16)8-7-12-18-14(22-24-12)10-5-3-4-6-11(10)17/h3-6,9H,7-8H2,1-2H3. The highest BCUT2D eigenvalue weighted by atomic mass is 32.1. The van der Waals surface area contributed by atoms with Crippen molar-refractivity contribution >= 4 is 16.3 Å². The third-order valence-electron chi connectivity index (χ3n) is 3.71. The van der Waals surface area contributed by atoms with E-state index in [1.807, 2.05) is 0 Å². The molecule has 0 aliphatic carbocycles. The normalized spacial score (nSPS) is 11.7. The lowest BCUT2D eigenvalue weighted by Crippen LogP contribution is -1.99. The van der Waals surface area contributed by atoms with E-state index in [4.69, 9.17) is 4.52 Å². The second-order valence-electron chi connectivity index (χ2n) is 5.89. The van der Waals surface area contributed by atoms with Crippen LogP contribution in [-0.4, -0.2) is 30.0 Å². The molecule has 0 bridgehead atoms. The highest BCUT2D eigenvalue weighted by molar-refractivity contribution is 7.16. The monoisotopic (exact) mass is 358 g/mol. The highest BCUT2D eigenvalue weighted by Gasteiger charge is 2.16. The maximum Gasteiger partial charge on any atom is 0.234 e. The maximum absolute atomic E-state index is 13.8. The Balaban J connectivity index is 1.50.